The van der Waals surface area contributed by atoms with Crippen molar-refractivity contribution in [2.24, 2.45) is 0 Å². The van der Waals surface area contributed by atoms with Crippen molar-refractivity contribution in [1.29, 1.82) is 5.26 Å². The number of methoxy groups -OCH3 is 1. The maximum absolute atomic E-state index is 11.9. The molecule has 0 bridgehead atoms. The molecule has 0 spiro atoms. The minimum absolute atomic E-state index is 0.0834. The van der Waals surface area contributed by atoms with Crippen molar-refractivity contribution in [2.45, 2.75) is 13.3 Å². The van der Waals surface area contributed by atoms with Gasteiger partial charge >= 0.3 is 5.97 Å². The summed E-state index contributed by atoms with van der Waals surface area (Å²) in [6, 6.07) is 13.2. The zero-order chi connectivity index (χ0) is 22.6. The highest BCUT2D eigenvalue weighted by molar-refractivity contribution is 14.1. The molecule has 0 unspecified atom stereocenters. The van der Waals surface area contributed by atoms with Crippen molar-refractivity contribution in [3.8, 4) is 23.3 Å². The molecule has 0 N–H and O–H groups in total. The molecule has 0 saturated carbocycles. The lowest BCUT2D eigenvalue weighted by atomic mass is 10.1. The van der Waals surface area contributed by atoms with Crippen LogP contribution >= 0.6 is 22.6 Å². The number of nitrogens with zero attached hydrogens (tertiary/aromatic N) is 1. The molecule has 0 aliphatic carbocycles. The van der Waals surface area contributed by atoms with Gasteiger partial charge in [0.1, 0.15) is 30.6 Å². The first-order valence-corrected chi connectivity index (χ1v) is 10.7. The van der Waals surface area contributed by atoms with Crippen LogP contribution in [0.15, 0.2) is 54.6 Å². The van der Waals surface area contributed by atoms with E-state index in [0.29, 0.717) is 30.3 Å². The zero-order valence-electron chi connectivity index (χ0n) is 17.5. The van der Waals surface area contributed by atoms with Crippen LogP contribution in [0.3, 0.4) is 0 Å². The van der Waals surface area contributed by atoms with Gasteiger partial charge in [0.05, 0.1) is 17.3 Å². The fraction of sp³-hybridized carbons (Fsp3) is 0.250. The van der Waals surface area contributed by atoms with E-state index >= 15 is 0 Å². The summed E-state index contributed by atoms with van der Waals surface area (Å²) in [5, 5.41) is 9.23. The second-order valence-electron chi connectivity index (χ2n) is 6.22. The number of hydrogen-bond donors (Lipinski definition) is 0. The number of nitriles is 1. The minimum Gasteiger partial charge on any atom is -0.493 e. The van der Waals surface area contributed by atoms with Gasteiger partial charge in [-0.1, -0.05) is 24.3 Å². The molecule has 0 aromatic heterocycles. The summed E-state index contributed by atoms with van der Waals surface area (Å²) in [5.74, 6) is 1.20. The van der Waals surface area contributed by atoms with Gasteiger partial charge in [-0.2, -0.15) is 5.26 Å². The molecule has 2 rings (SSSR count). The first kappa shape index (κ1) is 24.3. The third kappa shape index (κ3) is 7.03. The standard InChI is InChI=1S/C24H24INO5/c1-4-8-18-9-6-7-10-21(18)30-11-12-31-23-20(25)14-17(15-22(23)28-3)13-19(16-26)24(27)29-5-2/h4,6-7,9-10,13-15H,1,5,8,11-12H2,2-3H3/b19-13+. The van der Waals surface area contributed by atoms with E-state index in [1.165, 1.54) is 13.2 Å². The highest BCUT2D eigenvalue weighted by atomic mass is 127. The van der Waals surface area contributed by atoms with E-state index in [9.17, 15) is 10.1 Å². The maximum Gasteiger partial charge on any atom is 0.348 e. The third-order valence-corrected chi connectivity index (χ3v) is 4.90. The maximum atomic E-state index is 11.9. The monoisotopic (exact) mass is 533 g/mol. The number of carbonyl (C=O) groups is 1. The van der Waals surface area contributed by atoms with Gasteiger partial charge in [0.2, 0.25) is 0 Å². The molecule has 0 atom stereocenters. The molecule has 0 saturated heterocycles. The number of carbonyl (C=O) groups excluding carboxylic acids is 1. The van der Waals surface area contributed by atoms with Crippen LogP contribution in [0, 0.1) is 14.9 Å². The molecule has 0 heterocycles. The zero-order valence-corrected chi connectivity index (χ0v) is 19.7. The Balaban J connectivity index is 2.10. The van der Waals surface area contributed by atoms with Crippen LogP contribution < -0.4 is 14.2 Å². The Kier molecular flexibility index (Phi) is 9.91. The van der Waals surface area contributed by atoms with E-state index in [1.54, 1.807) is 19.1 Å². The van der Waals surface area contributed by atoms with Gasteiger partial charge in [-0.05, 0) is 71.3 Å². The van der Waals surface area contributed by atoms with E-state index in [1.807, 2.05) is 36.4 Å². The Morgan fingerprint density at radius 2 is 1.94 bits per heavy atom. The van der Waals surface area contributed by atoms with E-state index in [0.717, 1.165) is 21.3 Å². The van der Waals surface area contributed by atoms with Gasteiger partial charge < -0.3 is 18.9 Å². The fourth-order valence-electron chi connectivity index (χ4n) is 2.74. The largest absolute Gasteiger partial charge is 0.493 e. The fourth-order valence-corrected chi connectivity index (χ4v) is 3.52. The molecule has 0 amide bonds. The first-order chi connectivity index (χ1) is 15.0. The normalized spacial score (nSPS) is 10.7. The number of para-hydroxylation sites is 1. The number of hydrogen-bond acceptors (Lipinski definition) is 6. The average Bonchev–Trinajstić information content (AvgIpc) is 2.77. The van der Waals surface area contributed by atoms with Crippen LogP contribution in [0.1, 0.15) is 18.1 Å². The van der Waals surface area contributed by atoms with Gasteiger partial charge in [-0.25, -0.2) is 4.79 Å². The van der Waals surface area contributed by atoms with Crippen molar-refractivity contribution < 1.29 is 23.7 Å². The number of esters is 1. The molecule has 7 heteroatoms. The van der Waals surface area contributed by atoms with Gasteiger partial charge in [-0.15, -0.1) is 6.58 Å². The van der Waals surface area contributed by atoms with Crippen molar-refractivity contribution in [1.82, 2.24) is 0 Å². The van der Waals surface area contributed by atoms with Crippen LogP contribution in [-0.4, -0.2) is 32.9 Å². The Bertz CT molecular complexity index is 994. The van der Waals surface area contributed by atoms with E-state index in [-0.39, 0.29) is 12.2 Å². The smallest absolute Gasteiger partial charge is 0.348 e. The molecule has 0 aliphatic heterocycles. The lowest BCUT2D eigenvalue weighted by Crippen LogP contribution is -2.11. The highest BCUT2D eigenvalue weighted by Gasteiger charge is 2.14. The van der Waals surface area contributed by atoms with Crippen molar-refractivity contribution in [3.05, 3.63) is 69.3 Å². The summed E-state index contributed by atoms with van der Waals surface area (Å²) in [6.45, 7) is 6.33. The molecule has 0 aliphatic rings. The molecule has 162 valence electrons. The Morgan fingerprint density at radius 3 is 2.61 bits per heavy atom. The molecular formula is C24H24INO5. The van der Waals surface area contributed by atoms with Gasteiger partial charge in [0.25, 0.3) is 0 Å². The number of allylic oxidation sites excluding steroid dienone is 1. The van der Waals surface area contributed by atoms with E-state index < -0.39 is 5.97 Å². The SMILES string of the molecule is C=CCc1ccccc1OCCOc1c(I)cc(/C=C(\C#N)C(=O)OCC)cc1OC. The third-order valence-electron chi connectivity index (χ3n) is 4.10. The molecule has 0 radical (unpaired) electrons. The second kappa shape index (κ2) is 12.6. The van der Waals surface area contributed by atoms with Crippen LogP contribution in [0.4, 0.5) is 0 Å². The number of halogens is 1. The predicted octanol–water partition coefficient (Wildman–Crippen LogP) is 4.96. The van der Waals surface area contributed by atoms with Gasteiger partial charge in [-0.3, -0.25) is 0 Å². The summed E-state index contributed by atoms with van der Waals surface area (Å²) in [4.78, 5) is 11.9. The van der Waals surface area contributed by atoms with Crippen molar-refractivity contribution in [3.63, 3.8) is 0 Å². The molecule has 0 fully saturated rings. The summed E-state index contributed by atoms with van der Waals surface area (Å²) < 4.78 is 22.9. The topological polar surface area (TPSA) is 77.8 Å². The quantitative estimate of drug-likeness (QED) is 0.102. The predicted molar refractivity (Wildman–Crippen MR) is 127 cm³/mol. The molecular weight excluding hydrogens is 509 g/mol. The number of ether oxygens (including phenoxy) is 4. The molecule has 2 aromatic carbocycles. The highest BCUT2D eigenvalue weighted by Crippen LogP contribution is 2.34. The van der Waals surface area contributed by atoms with Crippen molar-refractivity contribution in [2.75, 3.05) is 26.9 Å². The number of benzene rings is 2. The van der Waals surface area contributed by atoms with Gasteiger partial charge in [0.15, 0.2) is 11.5 Å². The van der Waals surface area contributed by atoms with Gasteiger partial charge in [0, 0.05) is 0 Å². The lowest BCUT2D eigenvalue weighted by molar-refractivity contribution is -0.137. The minimum atomic E-state index is -0.659. The van der Waals surface area contributed by atoms with E-state index in [2.05, 4.69) is 29.2 Å². The summed E-state index contributed by atoms with van der Waals surface area (Å²) in [7, 11) is 1.53. The van der Waals surface area contributed by atoms with Crippen LogP contribution in [0.5, 0.6) is 17.2 Å². The lowest BCUT2D eigenvalue weighted by Gasteiger charge is -2.15. The van der Waals surface area contributed by atoms with Crippen molar-refractivity contribution >= 4 is 34.6 Å². The average molecular weight is 533 g/mol. The molecule has 6 nitrogen and oxygen atoms in total. The summed E-state index contributed by atoms with van der Waals surface area (Å²) in [6.07, 6.45) is 4.03. The van der Waals surface area contributed by atoms with E-state index in [4.69, 9.17) is 18.9 Å². The van der Waals surface area contributed by atoms with Crippen LogP contribution in [0.2, 0.25) is 0 Å². The van der Waals surface area contributed by atoms with Crippen LogP contribution in [-0.2, 0) is 16.0 Å². The number of rotatable bonds is 11. The summed E-state index contributed by atoms with van der Waals surface area (Å²) in [5.41, 5.74) is 1.61. The molecule has 2 aromatic rings. The Labute approximate surface area is 196 Å². The second-order valence-corrected chi connectivity index (χ2v) is 7.38. The first-order valence-electron chi connectivity index (χ1n) is 9.64. The Hall–Kier alpha value is -2.99. The summed E-state index contributed by atoms with van der Waals surface area (Å²) >= 11 is 2.12. The molecule has 31 heavy (non-hydrogen) atoms. The van der Waals surface area contributed by atoms with Crippen LogP contribution in [0.25, 0.3) is 6.08 Å². The Morgan fingerprint density at radius 1 is 1.19 bits per heavy atom.